The first kappa shape index (κ1) is 8.88. The molecule has 0 fully saturated rings. The summed E-state index contributed by atoms with van der Waals surface area (Å²) in [5.74, 6) is 0. The van der Waals surface area contributed by atoms with Crippen LogP contribution < -0.4 is 0 Å². The molecule has 9 heavy (non-hydrogen) atoms. The Kier molecular flexibility index (Phi) is 4.67. The Bertz CT molecular complexity index is 63.3. The largest absolute Gasteiger partial charge is 0.393 e. The topological polar surface area (TPSA) is 60.7 Å². The van der Waals surface area contributed by atoms with E-state index in [0.29, 0.717) is 12.8 Å². The first-order chi connectivity index (χ1) is 4.16. The van der Waals surface area contributed by atoms with Gasteiger partial charge in [-0.2, -0.15) is 0 Å². The highest BCUT2D eigenvalue weighted by Crippen LogP contribution is 2.01. The van der Waals surface area contributed by atoms with Crippen LogP contribution in [0.5, 0.6) is 0 Å². The van der Waals surface area contributed by atoms with Crippen molar-refractivity contribution in [3.63, 3.8) is 0 Å². The molecule has 0 spiro atoms. The molecule has 3 N–H and O–H groups in total. The SMILES string of the molecule is CC(O)CCC(O)[CH]O. The molecule has 0 aliphatic heterocycles. The summed E-state index contributed by atoms with van der Waals surface area (Å²) in [6.45, 7) is 2.37. The number of aliphatic hydroxyl groups excluding tert-OH is 3. The van der Waals surface area contributed by atoms with Crippen molar-refractivity contribution >= 4 is 0 Å². The molecule has 3 heteroatoms. The summed E-state index contributed by atoms with van der Waals surface area (Å²) in [5.41, 5.74) is 0. The van der Waals surface area contributed by atoms with Crippen molar-refractivity contribution in [1.82, 2.24) is 0 Å². The Labute approximate surface area is 54.9 Å². The molecule has 0 aromatic heterocycles. The van der Waals surface area contributed by atoms with Crippen molar-refractivity contribution in [3.8, 4) is 0 Å². The highest BCUT2D eigenvalue weighted by molar-refractivity contribution is 4.63. The minimum atomic E-state index is -0.792. The summed E-state index contributed by atoms with van der Waals surface area (Å²) in [4.78, 5) is 0. The van der Waals surface area contributed by atoms with Gasteiger partial charge in [-0.15, -0.1) is 0 Å². The van der Waals surface area contributed by atoms with E-state index in [9.17, 15) is 0 Å². The number of hydrogen-bond acceptors (Lipinski definition) is 3. The van der Waals surface area contributed by atoms with Crippen molar-refractivity contribution in [1.29, 1.82) is 0 Å². The van der Waals surface area contributed by atoms with Crippen molar-refractivity contribution in [2.24, 2.45) is 0 Å². The van der Waals surface area contributed by atoms with E-state index < -0.39 is 12.2 Å². The second-order valence-electron chi connectivity index (χ2n) is 2.14. The van der Waals surface area contributed by atoms with E-state index in [1.807, 2.05) is 0 Å². The minimum Gasteiger partial charge on any atom is -0.393 e. The Morgan fingerprint density at radius 2 is 1.89 bits per heavy atom. The number of aliphatic hydroxyl groups is 3. The summed E-state index contributed by atoms with van der Waals surface area (Å²) in [6, 6.07) is 0. The monoisotopic (exact) mass is 133 g/mol. The molecule has 0 aliphatic rings. The Morgan fingerprint density at radius 3 is 2.22 bits per heavy atom. The van der Waals surface area contributed by atoms with E-state index in [0.717, 1.165) is 6.61 Å². The zero-order valence-electron chi connectivity index (χ0n) is 5.49. The molecule has 0 aliphatic carbocycles. The quantitative estimate of drug-likeness (QED) is 0.507. The third-order valence-electron chi connectivity index (χ3n) is 1.05. The third kappa shape index (κ3) is 5.76. The molecule has 1 radical (unpaired) electrons. The molecule has 0 heterocycles. The molecule has 0 bridgehead atoms. The van der Waals surface area contributed by atoms with Gasteiger partial charge in [-0.3, -0.25) is 0 Å². The van der Waals surface area contributed by atoms with Crippen LogP contribution >= 0.6 is 0 Å². The second-order valence-corrected chi connectivity index (χ2v) is 2.14. The van der Waals surface area contributed by atoms with E-state index in [1.165, 1.54) is 0 Å². The fraction of sp³-hybridized carbons (Fsp3) is 0.833. The van der Waals surface area contributed by atoms with Crippen LogP contribution in [0, 0.1) is 6.61 Å². The van der Waals surface area contributed by atoms with Gasteiger partial charge in [-0.25, -0.2) is 0 Å². The summed E-state index contributed by atoms with van der Waals surface area (Å²) in [7, 11) is 0. The maximum absolute atomic E-state index is 8.69. The zero-order valence-corrected chi connectivity index (χ0v) is 5.49. The number of hydrogen-bond donors (Lipinski definition) is 3. The smallest absolute Gasteiger partial charge is 0.108 e. The fourth-order valence-electron chi connectivity index (χ4n) is 0.486. The van der Waals surface area contributed by atoms with Crippen LogP contribution in [0.1, 0.15) is 19.8 Å². The summed E-state index contributed by atoms with van der Waals surface area (Å²) in [6.07, 6.45) is -0.272. The number of rotatable bonds is 4. The van der Waals surface area contributed by atoms with Crippen molar-refractivity contribution < 1.29 is 15.3 Å². The van der Waals surface area contributed by atoms with Gasteiger partial charge in [0.2, 0.25) is 0 Å². The molecule has 0 saturated carbocycles. The van der Waals surface area contributed by atoms with Gasteiger partial charge in [0.05, 0.1) is 12.2 Å². The summed E-state index contributed by atoms with van der Waals surface area (Å²) in [5, 5.41) is 25.6. The summed E-state index contributed by atoms with van der Waals surface area (Å²) < 4.78 is 0. The first-order valence-electron chi connectivity index (χ1n) is 3.00. The van der Waals surface area contributed by atoms with Gasteiger partial charge >= 0.3 is 0 Å². The van der Waals surface area contributed by atoms with Crippen molar-refractivity contribution in [3.05, 3.63) is 6.61 Å². The van der Waals surface area contributed by atoms with Gasteiger partial charge in [0.1, 0.15) is 6.61 Å². The van der Waals surface area contributed by atoms with Crippen LogP contribution in [0.3, 0.4) is 0 Å². The lowest BCUT2D eigenvalue weighted by Gasteiger charge is -2.06. The van der Waals surface area contributed by atoms with Crippen molar-refractivity contribution in [2.45, 2.75) is 32.0 Å². The predicted molar refractivity (Wildman–Crippen MR) is 33.2 cm³/mol. The predicted octanol–water partition coefficient (Wildman–Crippen LogP) is 0.0426. The van der Waals surface area contributed by atoms with Crippen LogP contribution in [0.15, 0.2) is 0 Å². The Hall–Kier alpha value is -0.120. The van der Waals surface area contributed by atoms with E-state index in [2.05, 4.69) is 0 Å². The zero-order chi connectivity index (χ0) is 7.28. The van der Waals surface area contributed by atoms with Crippen LogP contribution in [0.2, 0.25) is 0 Å². The normalized spacial score (nSPS) is 17.3. The lowest BCUT2D eigenvalue weighted by atomic mass is 10.1. The van der Waals surface area contributed by atoms with Gasteiger partial charge in [-0.1, -0.05) is 0 Å². The van der Waals surface area contributed by atoms with Gasteiger partial charge in [-0.05, 0) is 19.8 Å². The Balaban J connectivity index is 3.06. The molecular formula is C6H13O3. The van der Waals surface area contributed by atoms with Gasteiger partial charge in [0.15, 0.2) is 0 Å². The average Bonchev–Trinajstić information content (AvgIpc) is 1.83. The molecule has 0 aromatic carbocycles. The molecule has 0 rings (SSSR count). The fourth-order valence-corrected chi connectivity index (χ4v) is 0.486. The van der Waals surface area contributed by atoms with Gasteiger partial charge in [0, 0.05) is 0 Å². The maximum atomic E-state index is 8.69. The first-order valence-corrected chi connectivity index (χ1v) is 3.00. The molecule has 55 valence electrons. The van der Waals surface area contributed by atoms with Gasteiger partial charge < -0.3 is 15.3 Å². The molecule has 0 saturated heterocycles. The van der Waals surface area contributed by atoms with E-state index in [-0.39, 0.29) is 0 Å². The highest BCUT2D eigenvalue weighted by Gasteiger charge is 2.03. The third-order valence-corrected chi connectivity index (χ3v) is 1.05. The van der Waals surface area contributed by atoms with E-state index in [4.69, 9.17) is 15.3 Å². The van der Waals surface area contributed by atoms with E-state index >= 15 is 0 Å². The Morgan fingerprint density at radius 1 is 1.33 bits per heavy atom. The van der Waals surface area contributed by atoms with Crippen LogP contribution in [0.4, 0.5) is 0 Å². The molecule has 0 aromatic rings. The average molecular weight is 133 g/mol. The lowest BCUT2D eigenvalue weighted by molar-refractivity contribution is 0.108. The van der Waals surface area contributed by atoms with Crippen LogP contribution in [0.25, 0.3) is 0 Å². The lowest BCUT2D eigenvalue weighted by Crippen LogP contribution is -2.10. The molecular weight excluding hydrogens is 120 g/mol. The molecule has 2 atom stereocenters. The molecule has 2 unspecified atom stereocenters. The maximum Gasteiger partial charge on any atom is 0.108 e. The van der Waals surface area contributed by atoms with Gasteiger partial charge in [0.25, 0.3) is 0 Å². The van der Waals surface area contributed by atoms with Crippen molar-refractivity contribution in [2.75, 3.05) is 0 Å². The van der Waals surface area contributed by atoms with E-state index in [1.54, 1.807) is 6.92 Å². The highest BCUT2D eigenvalue weighted by atomic mass is 16.3. The molecule has 3 nitrogen and oxygen atoms in total. The molecule has 0 amide bonds. The standard InChI is InChI=1S/C6H13O3/c1-5(8)2-3-6(9)4-7/h4-9H,2-3H2,1H3. The summed E-state index contributed by atoms with van der Waals surface area (Å²) >= 11 is 0. The second kappa shape index (κ2) is 4.73. The minimum absolute atomic E-state index is 0.403. The van der Waals surface area contributed by atoms with Crippen LogP contribution in [-0.2, 0) is 0 Å². The van der Waals surface area contributed by atoms with Crippen LogP contribution in [-0.4, -0.2) is 27.5 Å².